The van der Waals surface area contributed by atoms with Crippen LogP contribution in [-0.2, 0) is 11.8 Å². The summed E-state index contributed by atoms with van der Waals surface area (Å²) in [5.41, 5.74) is 3.06. The van der Waals surface area contributed by atoms with Crippen molar-refractivity contribution in [1.29, 1.82) is 0 Å². The fraction of sp³-hybridized carbons (Fsp3) is 0.696. The number of aliphatic hydroxyl groups is 1. The number of likely N-dealkylation sites (tertiary alicyclic amines) is 1. The highest BCUT2D eigenvalue weighted by Gasteiger charge is 2.58. The van der Waals surface area contributed by atoms with Gasteiger partial charge in [-0.25, -0.2) is 4.79 Å². The molecule has 5 rings (SSSR count). The quantitative estimate of drug-likeness (QED) is 0.759. The minimum absolute atomic E-state index is 0.0452. The van der Waals surface area contributed by atoms with E-state index < -0.39 is 0 Å². The molecular formula is C23H32N2O2. The van der Waals surface area contributed by atoms with Crippen molar-refractivity contribution in [2.75, 3.05) is 6.54 Å². The Morgan fingerprint density at radius 1 is 1.11 bits per heavy atom. The number of urea groups is 1. The number of nitrogens with zero attached hydrogens (tertiary/aromatic N) is 2. The third-order valence-corrected chi connectivity index (χ3v) is 8.68. The molecule has 0 aromatic heterocycles. The van der Waals surface area contributed by atoms with Crippen molar-refractivity contribution in [3.05, 3.63) is 35.4 Å². The van der Waals surface area contributed by atoms with Crippen molar-refractivity contribution in [2.24, 2.45) is 5.41 Å². The zero-order valence-electron chi connectivity index (χ0n) is 16.8. The number of rotatable bonds is 0. The lowest BCUT2D eigenvalue weighted by Crippen LogP contribution is -2.67. The lowest BCUT2D eigenvalue weighted by molar-refractivity contribution is -0.0335. The highest BCUT2D eigenvalue weighted by molar-refractivity contribution is 5.77. The normalized spacial score (nSPS) is 39.3. The first-order valence-electron chi connectivity index (χ1n) is 10.7. The van der Waals surface area contributed by atoms with Crippen molar-refractivity contribution in [2.45, 2.75) is 88.9 Å². The van der Waals surface area contributed by atoms with Crippen LogP contribution in [0.2, 0.25) is 0 Å². The second-order valence-electron chi connectivity index (χ2n) is 10.1. The summed E-state index contributed by atoms with van der Waals surface area (Å²) in [4.78, 5) is 18.0. The van der Waals surface area contributed by atoms with E-state index in [1.165, 1.54) is 11.1 Å². The molecule has 0 saturated carbocycles. The number of hydrogen-bond acceptors (Lipinski definition) is 2. The van der Waals surface area contributed by atoms with E-state index in [-0.39, 0.29) is 41.1 Å². The van der Waals surface area contributed by atoms with Gasteiger partial charge < -0.3 is 14.9 Å². The van der Waals surface area contributed by atoms with Crippen LogP contribution < -0.4 is 0 Å². The highest BCUT2D eigenvalue weighted by atomic mass is 16.3. The van der Waals surface area contributed by atoms with Crippen LogP contribution in [-0.4, -0.2) is 51.7 Å². The van der Waals surface area contributed by atoms with E-state index in [1.54, 1.807) is 0 Å². The standard InChI is InChI=1S/C23H32N2O2/c1-22(2)20-12-15-6-4-5-7-19(15)23(22,3)10-11-24(20)21(27)25-16-8-9-17(25)14-18(26)13-16/h4-7,16-18,20,26H,8-14H2,1-3H3/t16-,17+,18?,20-,23+/m1/s1. The smallest absolute Gasteiger partial charge is 0.320 e. The van der Waals surface area contributed by atoms with E-state index in [9.17, 15) is 9.90 Å². The zero-order chi connectivity index (χ0) is 19.0. The lowest BCUT2D eigenvalue weighted by Gasteiger charge is -2.61. The van der Waals surface area contributed by atoms with Gasteiger partial charge in [-0.2, -0.15) is 0 Å². The molecular weight excluding hydrogens is 336 g/mol. The Hall–Kier alpha value is -1.55. The molecule has 3 saturated heterocycles. The summed E-state index contributed by atoms with van der Waals surface area (Å²) in [6, 6.07) is 9.79. The maximum atomic E-state index is 13.7. The van der Waals surface area contributed by atoms with E-state index in [0.29, 0.717) is 0 Å². The molecule has 0 radical (unpaired) electrons. The van der Waals surface area contributed by atoms with Crippen LogP contribution >= 0.6 is 0 Å². The molecule has 1 unspecified atom stereocenters. The molecule has 3 heterocycles. The highest BCUT2D eigenvalue weighted by Crippen LogP contribution is 2.56. The van der Waals surface area contributed by atoms with Crippen molar-refractivity contribution in [1.82, 2.24) is 9.80 Å². The summed E-state index contributed by atoms with van der Waals surface area (Å²) in [7, 11) is 0. The molecule has 3 aliphatic heterocycles. The Morgan fingerprint density at radius 2 is 1.78 bits per heavy atom. The summed E-state index contributed by atoms with van der Waals surface area (Å²) in [6.07, 6.45) is 5.36. The number of benzene rings is 1. The fourth-order valence-electron chi connectivity index (χ4n) is 6.71. The summed E-state index contributed by atoms with van der Waals surface area (Å²) >= 11 is 0. The topological polar surface area (TPSA) is 43.8 Å². The molecule has 27 heavy (non-hydrogen) atoms. The molecule has 146 valence electrons. The maximum absolute atomic E-state index is 13.7. The van der Waals surface area contributed by atoms with Gasteiger partial charge in [-0.3, -0.25) is 0 Å². The van der Waals surface area contributed by atoms with Crippen LogP contribution in [0.1, 0.15) is 64.0 Å². The molecule has 1 aliphatic carbocycles. The van der Waals surface area contributed by atoms with Gasteiger partial charge in [0, 0.05) is 30.1 Å². The second kappa shape index (κ2) is 5.73. The Morgan fingerprint density at radius 3 is 2.48 bits per heavy atom. The van der Waals surface area contributed by atoms with Gasteiger partial charge in [-0.1, -0.05) is 45.0 Å². The molecule has 4 bridgehead atoms. The van der Waals surface area contributed by atoms with E-state index in [4.69, 9.17) is 0 Å². The average molecular weight is 369 g/mol. The van der Waals surface area contributed by atoms with Crippen LogP contribution in [0, 0.1) is 5.41 Å². The third kappa shape index (κ3) is 2.28. The number of carbonyl (C=O) groups is 1. The van der Waals surface area contributed by atoms with E-state index >= 15 is 0 Å². The van der Waals surface area contributed by atoms with Crippen LogP contribution in [0.5, 0.6) is 0 Å². The number of fused-ring (bicyclic) bond motifs is 6. The monoisotopic (exact) mass is 368 g/mol. The Labute approximate surface area is 162 Å². The Balaban J connectivity index is 1.49. The summed E-state index contributed by atoms with van der Waals surface area (Å²) < 4.78 is 0. The largest absolute Gasteiger partial charge is 0.393 e. The summed E-state index contributed by atoms with van der Waals surface area (Å²) in [5.74, 6) is 0. The zero-order valence-corrected chi connectivity index (χ0v) is 16.8. The van der Waals surface area contributed by atoms with Crippen LogP contribution in [0.15, 0.2) is 24.3 Å². The Bertz CT molecular complexity index is 761. The molecule has 1 aromatic rings. The van der Waals surface area contributed by atoms with Gasteiger partial charge in [-0.15, -0.1) is 0 Å². The van der Waals surface area contributed by atoms with Crippen LogP contribution in [0.4, 0.5) is 4.79 Å². The number of amides is 2. The molecule has 1 N–H and O–H groups in total. The van der Waals surface area contributed by atoms with Crippen LogP contribution in [0.3, 0.4) is 0 Å². The minimum Gasteiger partial charge on any atom is -0.393 e. The van der Waals surface area contributed by atoms with Gasteiger partial charge in [0.05, 0.1) is 6.10 Å². The molecule has 2 amide bonds. The van der Waals surface area contributed by atoms with Crippen molar-refractivity contribution in [3.63, 3.8) is 0 Å². The first kappa shape index (κ1) is 17.5. The number of piperidine rings is 2. The van der Waals surface area contributed by atoms with Gasteiger partial charge in [0.1, 0.15) is 0 Å². The molecule has 3 fully saturated rings. The third-order valence-electron chi connectivity index (χ3n) is 8.68. The predicted molar refractivity (Wildman–Crippen MR) is 106 cm³/mol. The molecule has 0 spiro atoms. The molecule has 4 nitrogen and oxygen atoms in total. The minimum atomic E-state index is -0.228. The number of aliphatic hydroxyl groups excluding tert-OH is 1. The first-order valence-corrected chi connectivity index (χ1v) is 10.7. The van der Waals surface area contributed by atoms with Gasteiger partial charge in [0.15, 0.2) is 0 Å². The number of carbonyl (C=O) groups excluding carboxylic acids is 1. The first-order chi connectivity index (χ1) is 12.8. The lowest BCUT2D eigenvalue weighted by atomic mass is 9.51. The maximum Gasteiger partial charge on any atom is 0.320 e. The van der Waals surface area contributed by atoms with Crippen LogP contribution in [0.25, 0.3) is 0 Å². The fourth-order valence-corrected chi connectivity index (χ4v) is 6.71. The predicted octanol–water partition coefficient (Wildman–Crippen LogP) is 3.71. The van der Waals surface area contributed by atoms with Gasteiger partial charge >= 0.3 is 6.03 Å². The van der Waals surface area contributed by atoms with Crippen molar-refractivity contribution < 1.29 is 9.90 Å². The second-order valence-corrected chi connectivity index (χ2v) is 10.1. The van der Waals surface area contributed by atoms with E-state index in [1.807, 2.05) is 0 Å². The molecule has 5 atom stereocenters. The van der Waals surface area contributed by atoms with Crippen molar-refractivity contribution in [3.8, 4) is 0 Å². The van der Waals surface area contributed by atoms with E-state index in [0.717, 1.165) is 45.1 Å². The van der Waals surface area contributed by atoms with Gasteiger partial charge in [-0.05, 0) is 55.1 Å². The van der Waals surface area contributed by atoms with Gasteiger partial charge in [0.25, 0.3) is 0 Å². The molecule has 1 aromatic carbocycles. The molecule has 4 aliphatic rings. The van der Waals surface area contributed by atoms with Crippen molar-refractivity contribution >= 4 is 6.03 Å². The number of hydrogen-bond donors (Lipinski definition) is 1. The van der Waals surface area contributed by atoms with E-state index in [2.05, 4.69) is 54.8 Å². The summed E-state index contributed by atoms with van der Waals surface area (Å²) in [6.45, 7) is 7.97. The average Bonchev–Trinajstić information content (AvgIpc) is 2.89. The SMILES string of the molecule is CC1(C)[C@H]2Cc3ccccc3[C@]1(C)CCN2C(=O)N1[C@@H]2CC[C@H]1CC(O)C2. The Kier molecular flexibility index (Phi) is 3.72. The molecule has 4 heteroatoms. The van der Waals surface area contributed by atoms with Gasteiger partial charge in [0.2, 0.25) is 0 Å². The summed E-state index contributed by atoms with van der Waals surface area (Å²) in [5, 5.41) is 10.1.